The Kier molecular flexibility index (Phi) is 8.53. The van der Waals surface area contributed by atoms with Gasteiger partial charge in [0.25, 0.3) is 0 Å². The van der Waals surface area contributed by atoms with Crippen LogP contribution in [0.4, 0.5) is 0 Å². The second-order valence-corrected chi connectivity index (χ2v) is 6.41. The van der Waals surface area contributed by atoms with Crippen LogP contribution in [-0.2, 0) is 9.59 Å². The molecule has 1 unspecified atom stereocenters. The number of carbonyl (C=O) groups is 2. The minimum atomic E-state index is -0.979. The monoisotopic (exact) mass is 356 g/mol. The highest BCUT2D eigenvalue weighted by molar-refractivity contribution is 5.96. The third-order valence-electron chi connectivity index (χ3n) is 4.15. The van der Waals surface area contributed by atoms with Crippen molar-refractivity contribution in [2.75, 3.05) is 20.1 Å². The van der Waals surface area contributed by atoms with E-state index in [-0.39, 0.29) is 0 Å². The Morgan fingerprint density at radius 1 is 1.38 bits per heavy atom. The summed E-state index contributed by atoms with van der Waals surface area (Å²) in [6.07, 6.45) is 2.46. The predicted octanol–water partition coefficient (Wildman–Crippen LogP) is 1.72. The number of benzene rings is 1. The molecule has 0 aliphatic carbocycles. The zero-order valence-corrected chi connectivity index (χ0v) is 15.8. The first kappa shape index (κ1) is 21.4. The number of hydrogen-bond donors (Lipinski definition) is 3. The molecule has 0 spiro atoms. The Bertz CT molecular complexity index is 688. The smallest absolute Gasteiger partial charge is 0.244 e. The summed E-state index contributed by atoms with van der Waals surface area (Å²) in [6, 6.07) is 7.36. The SMILES string of the molecule is CCCN(C)C(=N)c1ccc(C#CC(C)(CCCN)C(=O)NC=O)cc1. The summed E-state index contributed by atoms with van der Waals surface area (Å²) in [5.74, 6) is 6.02. The standard InChI is InChI=1S/C20H28N4O2/c1-4-14-24(3)18(22)17-8-6-16(7-9-17)10-12-20(2,11-5-13-21)19(26)23-15-25/h6-9,15,22H,4-5,11,13-14,21H2,1-3H3,(H,23,25,26). The largest absolute Gasteiger partial charge is 0.360 e. The van der Waals surface area contributed by atoms with Crippen molar-refractivity contribution in [1.29, 1.82) is 5.41 Å². The van der Waals surface area contributed by atoms with Gasteiger partial charge in [-0.15, -0.1) is 0 Å². The first-order chi connectivity index (χ1) is 12.4. The van der Waals surface area contributed by atoms with Crippen molar-refractivity contribution in [2.45, 2.75) is 33.1 Å². The van der Waals surface area contributed by atoms with Crippen molar-refractivity contribution >= 4 is 18.2 Å². The van der Waals surface area contributed by atoms with Crippen molar-refractivity contribution < 1.29 is 9.59 Å². The van der Waals surface area contributed by atoms with Crippen molar-refractivity contribution in [1.82, 2.24) is 10.2 Å². The van der Waals surface area contributed by atoms with Crippen LogP contribution in [0.1, 0.15) is 44.2 Å². The van der Waals surface area contributed by atoms with Gasteiger partial charge in [0.15, 0.2) is 0 Å². The van der Waals surface area contributed by atoms with Crippen LogP contribution in [0.3, 0.4) is 0 Å². The lowest BCUT2D eigenvalue weighted by molar-refractivity contribution is -0.130. The molecule has 6 heteroatoms. The molecule has 1 aromatic carbocycles. The van der Waals surface area contributed by atoms with Gasteiger partial charge in [0, 0.05) is 24.7 Å². The van der Waals surface area contributed by atoms with Gasteiger partial charge >= 0.3 is 0 Å². The molecule has 4 N–H and O–H groups in total. The van der Waals surface area contributed by atoms with Gasteiger partial charge in [0.2, 0.25) is 12.3 Å². The van der Waals surface area contributed by atoms with Gasteiger partial charge in [-0.3, -0.25) is 20.3 Å². The van der Waals surface area contributed by atoms with Crippen LogP contribution in [0.5, 0.6) is 0 Å². The average Bonchev–Trinajstić information content (AvgIpc) is 2.65. The minimum Gasteiger partial charge on any atom is -0.360 e. The molecule has 0 heterocycles. The molecule has 0 aliphatic rings. The lowest BCUT2D eigenvalue weighted by atomic mass is 9.84. The van der Waals surface area contributed by atoms with E-state index >= 15 is 0 Å². The van der Waals surface area contributed by atoms with E-state index in [0.29, 0.717) is 31.6 Å². The molecule has 2 amide bonds. The molecule has 0 fully saturated rings. The Morgan fingerprint density at radius 3 is 2.58 bits per heavy atom. The zero-order chi connectivity index (χ0) is 19.6. The fourth-order valence-corrected chi connectivity index (χ4v) is 2.49. The molecule has 1 aromatic rings. The molecule has 0 aromatic heterocycles. The van der Waals surface area contributed by atoms with Crippen molar-refractivity contribution in [2.24, 2.45) is 11.1 Å². The average molecular weight is 356 g/mol. The lowest BCUT2D eigenvalue weighted by Crippen LogP contribution is -2.37. The van der Waals surface area contributed by atoms with E-state index in [2.05, 4.69) is 24.1 Å². The van der Waals surface area contributed by atoms with Gasteiger partial charge in [-0.05, 0) is 44.9 Å². The molecule has 1 rings (SSSR count). The maximum Gasteiger partial charge on any atom is 0.244 e. The second-order valence-electron chi connectivity index (χ2n) is 6.41. The highest BCUT2D eigenvalue weighted by atomic mass is 16.2. The molecule has 0 aliphatic heterocycles. The molecule has 0 bridgehead atoms. The van der Waals surface area contributed by atoms with Crippen LogP contribution in [0.15, 0.2) is 24.3 Å². The number of nitrogens with two attached hydrogens (primary N) is 1. The van der Waals surface area contributed by atoms with Gasteiger partial charge in [0.1, 0.15) is 11.3 Å². The molecule has 0 saturated carbocycles. The summed E-state index contributed by atoms with van der Waals surface area (Å²) >= 11 is 0. The summed E-state index contributed by atoms with van der Waals surface area (Å²) in [5.41, 5.74) is 6.12. The summed E-state index contributed by atoms with van der Waals surface area (Å²) in [5, 5.41) is 10.4. The number of nitrogens with zero attached hydrogens (tertiary/aromatic N) is 1. The predicted molar refractivity (Wildman–Crippen MR) is 104 cm³/mol. The first-order valence-electron chi connectivity index (χ1n) is 8.76. The fourth-order valence-electron chi connectivity index (χ4n) is 2.49. The quantitative estimate of drug-likeness (QED) is 0.286. The van der Waals surface area contributed by atoms with E-state index in [1.54, 1.807) is 6.92 Å². The number of rotatable bonds is 8. The van der Waals surface area contributed by atoms with Gasteiger partial charge in [-0.2, -0.15) is 0 Å². The van der Waals surface area contributed by atoms with Crippen LogP contribution in [0.2, 0.25) is 0 Å². The topological polar surface area (TPSA) is 99.3 Å². The van der Waals surface area contributed by atoms with Crippen LogP contribution in [-0.4, -0.2) is 43.2 Å². The molecule has 0 radical (unpaired) electrons. The van der Waals surface area contributed by atoms with E-state index in [4.69, 9.17) is 11.1 Å². The maximum atomic E-state index is 12.2. The van der Waals surface area contributed by atoms with Gasteiger partial charge < -0.3 is 10.6 Å². The summed E-state index contributed by atoms with van der Waals surface area (Å²) < 4.78 is 0. The Balaban J connectivity index is 2.97. The molecule has 26 heavy (non-hydrogen) atoms. The Labute approximate surface area is 155 Å². The molecular formula is C20H28N4O2. The van der Waals surface area contributed by atoms with Gasteiger partial charge in [-0.1, -0.05) is 30.9 Å². The summed E-state index contributed by atoms with van der Waals surface area (Å²) in [4.78, 5) is 24.6. The molecule has 0 saturated heterocycles. The van der Waals surface area contributed by atoms with E-state index in [9.17, 15) is 9.59 Å². The number of hydrogen-bond acceptors (Lipinski definition) is 4. The second kappa shape index (κ2) is 10.4. The minimum absolute atomic E-state index is 0.373. The van der Waals surface area contributed by atoms with Crippen LogP contribution in [0.25, 0.3) is 0 Å². The fraction of sp³-hybridized carbons (Fsp3) is 0.450. The molecular weight excluding hydrogens is 328 g/mol. The highest BCUT2D eigenvalue weighted by Crippen LogP contribution is 2.22. The summed E-state index contributed by atoms with van der Waals surface area (Å²) in [7, 11) is 1.90. The first-order valence-corrected chi connectivity index (χ1v) is 8.76. The van der Waals surface area contributed by atoms with Gasteiger partial charge in [0.05, 0.1) is 0 Å². The molecule has 6 nitrogen and oxygen atoms in total. The van der Waals surface area contributed by atoms with E-state index in [1.807, 2.05) is 36.2 Å². The van der Waals surface area contributed by atoms with Crippen LogP contribution in [0, 0.1) is 22.7 Å². The normalized spacial score (nSPS) is 12.3. The van der Waals surface area contributed by atoms with Crippen molar-refractivity contribution in [3.8, 4) is 11.8 Å². The van der Waals surface area contributed by atoms with E-state index < -0.39 is 11.3 Å². The number of nitrogens with one attached hydrogen (secondary N) is 2. The number of imide groups is 1. The third-order valence-corrected chi connectivity index (χ3v) is 4.15. The van der Waals surface area contributed by atoms with E-state index in [0.717, 1.165) is 24.1 Å². The zero-order valence-electron chi connectivity index (χ0n) is 15.8. The Morgan fingerprint density at radius 2 is 2.04 bits per heavy atom. The molecule has 140 valence electrons. The van der Waals surface area contributed by atoms with Crippen LogP contribution < -0.4 is 11.1 Å². The summed E-state index contributed by atoms with van der Waals surface area (Å²) in [6.45, 7) is 5.06. The van der Waals surface area contributed by atoms with Crippen molar-refractivity contribution in [3.63, 3.8) is 0 Å². The number of amides is 2. The van der Waals surface area contributed by atoms with E-state index in [1.165, 1.54) is 0 Å². The molecule has 1 atom stereocenters. The number of amidine groups is 1. The van der Waals surface area contributed by atoms with Gasteiger partial charge in [-0.25, -0.2) is 0 Å². The van der Waals surface area contributed by atoms with Crippen molar-refractivity contribution in [3.05, 3.63) is 35.4 Å². The highest BCUT2D eigenvalue weighted by Gasteiger charge is 2.30. The Hall–Kier alpha value is -2.65. The maximum absolute atomic E-state index is 12.2. The number of carbonyl (C=O) groups excluding carboxylic acids is 2. The third kappa shape index (κ3) is 6.01. The van der Waals surface area contributed by atoms with Crippen LogP contribution >= 0.6 is 0 Å². The lowest BCUT2D eigenvalue weighted by Gasteiger charge is -2.20.